The molecule has 0 spiro atoms. The highest BCUT2D eigenvalue weighted by Gasteiger charge is 2.12. The van der Waals surface area contributed by atoms with Crippen molar-refractivity contribution in [3.05, 3.63) is 23.8 Å². The molecule has 0 fully saturated rings. The maximum Gasteiger partial charge on any atom is 0.253 e. The third-order valence-electron chi connectivity index (χ3n) is 2.37. The van der Waals surface area contributed by atoms with Crippen molar-refractivity contribution in [3.63, 3.8) is 0 Å². The fourth-order valence-electron chi connectivity index (χ4n) is 1.60. The smallest absolute Gasteiger partial charge is 0.253 e. The quantitative estimate of drug-likeness (QED) is 0.713. The summed E-state index contributed by atoms with van der Waals surface area (Å²) in [5.41, 5.74) is 7.53. The van der Waals surface area contributed by atoms with E-state index in [9.17, 15) is 4.79 Å². The van der Waals surface area contributed by atoms with E-state index in [-0.39, 0.29) is 5.91 Å². The van der Waals surface area contributed by atoms with Crippen LogP contribution in [0.15, 0.2) is 18.2 Å². The van der Waals surface area contributed by atoms with Crippen LogP contribution < -0.4 is 11.1 Å². The van der Waals surface area contributed by atoms with Crippen molar-refractivity contribution in [2.75, 3.05) is 24.3 Å². The largest absolute Gasteiger partial charge is 0.369 e. The van der Waals surface area contributed by atoms with Gasteiger partial charge in [0.05, 0.1) is 11.1 Å². The second kappa shape index (κ2) is 5.09. The number of aromatic amines is 1. The molecule has 4 N–H and O–H groups in total. The number of nitrogens with one attached hydrogen (secondary N) is 2. The Morgan fingerprint density at radius 2 is 2.41 bits per heavy atom. The van der Waals surface area contributed by atoms with Gasteiger partial charge in [0.2, 0.25) is 0 Å². The topological polar surface area (TPSA) is 83.8 Å². The van der Waals surface area contributed by atoms with Gasteiger partial charge in [-0.3, -0.25) is 4.79 Å². The van der Waals surface area contributed by atoms with Crippen molar-refractivity contribution in [3.8, 4) is 0 Å². The molecule has 1 amide bonds. The average molecular weight is 250 g/mol. The van der Waals surface area contributed by atoms with Crippen molar-refractivity contribution < 1.29 is 4.79 Å². The molecular formula is C11H14N4OS. The van der Waals surface area contributed by atoms with Crippen molar-refractivity contribution in [2.24, 2.45) is 0 Å². The summed E-state index contributed by atoms with van der Waals surface area (Å²) >= 11 is 1.69. The molecule has 1 heterocycles. The van der Waals surface area contributed by atoms with E-state index < -0.39 is 0 Å². The first kappa shape index (κ1) is 11.8. The van der Waals surface area contributed by atoms with Gasteiger partial charge in [-0.25, -0.2) is 4.98 Å². The van der Waals surface area contributed by atoms with Crippen molar-refractivity contribution in [1.29, 1.82) is 0 Å². The number of carbonyl (C=O) groups is 1. The number of benzene rings is 1. The molecule has 1 aromatic heterocycles. The van der Waals surface area contributed by atoms with E-state index in [0.717, 1.165) is 11.3 Å². The number of nitrogens with two attached hydrogens (primary N) is 1. The van der Waals surface area contributed by atoms with Crippen LogP contribution in [0.25, 0.3) is 11.0 Å². The second-order valence-corrected chi connectivity index (χ2v) is 4.56. The minimum Gasteiger partial charge on any atom is -0.369 e. The first-order chi connectivity index (χ1) is 8.22. The normalized spacial score (nSPS) is 10.6. The molecule has 1 aromatic carbocycles. The number of fused-ring (bicyclic) bond motifs is 1. The van der Waals surface area contributed by atoms with Gasteiger partial charge in [-0.1, -0.05) is 6.07 Å². The maximum atomic E-state index is 11.9. The minimum atomic E-state index is -0.115. The molecule has 90 valence electrons. The van der Waals surface area contributed by atoms with Crippen LogP contribution in [0.2, 0.25) is 0 Å². The zero-order chi connectivity index (χ0) is 12.3. The molecule has 0 radical (unpaired) electrons. The lowest BCUT2D eigenvalue weighted by atomic mass is 10.1. The van der Waals surface area contributed by atoms with Crippen molar-refractivity contribution in [2.45, 2.75) is 0 Å². The average Bonchev–Trinajstić information content (AvgIpc) is 2.69. The molecule has 2 rings (SSSR count). The highest BCUT2D eigenvalue weighted by Crippen LogP contribution is 2.17. The summed E-state index contributed by atoms with van der Waals surface area (Å²) in [5.74, 6) is 1.10. The number of anilines is 1. The molecule has 0 aliphatic heterocycles. The van der Waals surface area contributed by atoms with Gasteiger partial charge >= 0.3 is 0 Å². The molecule has 0 aliphatic carbocycles. The minimum absolute atomic E-state index is 0.115. The Balaban J connectivity index is 2.25. The zero-order valence-electron chi connectivity index (χ0n) is 9.49. The second-order valence-electron chi connectivity index (χ2n) is 3.57. The number of rotatable bonds is 4. The Hall–Kier alpha value is -1.69. The van der Waals surface area contributed by atoms with Gasteiger partial charge in [0.1, 0.15) is 5.52 Å². The molecule has 5 nitrogen and oxygen atoms in total. The van der Waals surface area contributed by atoms with E-state index >= 15 is 0 Å². The van der Waals surface area contributed by atoms with Gasteiger partial charge in [-0.05, 0) is 18.4 Å². The van der Waals surface area contributed by atoms with Gasteiger partial charge in [0, 0.05) is 12.3 Å². The van der Waals surface area contributed by atoms with Gasteiger partial charge < -0.3 is 16.0 Å². The van der Waals surface area contributed by atoms with Crippen LogP contribution in [-0.4, -0.2) is 34.4 Å². The number of nitrogen functional groups attached to an aromatic ring is 1. The summed E-state index contributed by atoms with van der Waals surface area (Å²) in [7, 11) is 0. The predicted molar refractivity (Wildman–Crippen MR) is 71.2 cm³/mol. The highest BCUT2D eigenvalue weighted by molar-refractivity contribution is 7.98. The number of nitrogens with zero attached hydrogens (tertiary/aromatic N) is 1. The molecule has 0 bridgehead atoms. The summed E-state index contributed by atoms with van der Waals surface area (Å²) in [6.45, 7) is 0.649. The van der Waals surface area contributed by atoms with Crippen LogP contribution in [0, 0.1) is 0 Å². The van der Waals surface area contributed by atoms with Gasteiger partial charge in [-0.2, -0.15) is 11.8 Å². The monoisotopic (exact) mass is 250 g/mol. The molecule has 0 aliphatic rings. The molecule has 0 saturated heterocycles. The lowest BCUT2D eigenvalue weighted by Crippen LogP contribution is -2.25. The molecule has 0 saturated carbocycles. The van der Waals surface area contributed by atoms with Crippen LogP contribution in [0.3, 0.4) is 0 Å². The number of hydrogen-bond acceptors (Lipinski definition) is 4. The van der Waals surface area contributed by atoms with Gasteiger partial charge in [-0.15, -0.1) is 0 Å². The number of H-pyrrole nitrogens is 1. The first-order valence-corrected chi connectivity index (χ1v) is 6.63. The number of hydrogen-bond donors (Lipinski definition) is 3. The van der Waals surface area contributed by atoms with E-state index in [2.05, 4.69) is 15.3 Å². The third-order valence-corrected chi connectivity index (χ3v) is 2.98. The molecule has 0 atom stereocenters. The Kier molecular flexibility index (Phi) is 3.53. The number of amides is 1. The van der Waals surface area contributed by atoms with E-state index in [0.29, 0.717) is 23.6 Å². The number of para-hydroxylation sites is 1. The van der Waals surface area contributed by atoms with Crippen molar-refractivity contribution in [1.82, 2.24) is 15.3 Å². The zero-order valence-corrected chi connectivity index (χ0v) is 10.3. The maximum absolute atomic E-state index is 11.9. The van der Waals surface area contributed by atoms with Crippen LogP contribution in [0.5, 0.6) is 0 Å². The Bertz CT molecular complexity index is 537. The number of thioether (sulfide) groups is 1. The van der Waals surface area contributed by atoms with E-state index in [1.165, 1.54) is 0 Å². The number of carbonyl (C=O) groups excluding carboxylic acids is 1. The SMILES string of the molecule is CSCCNC(=O)c1cccc2[nH]c(N)nc12. The Morgan fingerprint density at radius 3 is 3.18 bits per heavy atom. The Morgan fingerprint density at radius 1 is 1.59 bits per heavy atom. The molecular weight excluding hydrogens is 236 g/mol. The highest BCUT2D eigenvalue weighted by atomic mass is 32.2. The van der Waals surface area contributed by atoms with E-state index in [1.807, 2.05) is 18.4 Å². The fourth-order valence-corrected chi connectivity index (χ4v) is 1.90. The van der Waals surface area contributed by atoms with Crippen LogP contribution in [0.4, 0.5) is 5.95 Å². The fraction of sp³-hybridized carbons (Fsp3) is 0.273. The van der Waals surface area contributed by atoms with Crippen LogP contribution >= 0.6 is 11.8 Å². The summed E-state index contributed by atoms with van der Waals surface area (Å²) in [5, 5.41) is 2.85. The molecule has 0 unspecified atom stereocenters. The van der Waals surface area contributed by atoms with Crippen LogP contribution in [0.1, 0.15) is 10.4 Å². The number of imidazole rings is 1. The standard InChI is InChI=1S/C11H14N4OS/c1-17-6-5-13-10(16)7-3-2-4-8-9(7)15-11(12)14-8/h2-4H,5-6H2,1H3,(H,13,16)(H3,12,14,15). The van der Waals surface area contributed by atoms with E-state index in [4.69, 9.17) is 5.73 Å². The van der Waals surface area contributed by atoms with Crippen molar-refractivity contribution >= 4 is 34.7 Å². The third kappa shape index (κ3) is 2.52. The first-order valence-electron chi connectivity index (χ1n) is 5.23. The summed E-state index contributed by atoms with van der Waals surface area (Å²) in [6.07, 6.45) is 2.00. The number of aromatic nitrogens is 2. The lowest BCUT2D eigenvalue weighted by Gasteiger charge is -2.04. The van der Waals surface area contributed by atoms with Crippen LogP contribution in [-0.2, 0) is 0 Å². The van der Waals surface area contributed by atoms with Gasteiger partial charge in [0.15, 0.2) is 5.95 Å². The summed E-state index contributed by atoms with van der Waals surface area (Å²) in [4.78, 5) is 18.9. The van der Waals surface area contributed by atoms with Gasteiger partial charge in [0.25, 0.3) is 5.91 Å². The molecule has 17 heavy (non-hydrogen) atoms. The molecule has 6 heteroatoms. The summed E-state index contributed by atoms with van der Waals surface area (Å²) < 4.78 is 0. The summed E-state index contributed by atoms with van der Waals surface area (Å²) in [6, 6.07) is 5.40. The molecule has 2 aromatic rings. The lowest BCUT2D eigenvalue weighted by molar-refractivity contribution is 0.0957. The predicted octanol–water partition coefficient (Wildman–Crippen LogP) is 1.24. The van der Waals surface area contributed by atoms with E-state index in [1.54, 1.807) is 17.8 Å². The Labute approximate surface area is 103 Å².